The minimum Gasteiger partial charge on any atom is -0.309 e. The fourth-order valence-electron chi connectivity index (χ4n) is 10.1. The highest BCUT2D eigenvalue weighted by molar-refractivity contribution is 7.27. The van der Waals surface area contributed by atoms with Crippen molar-refractivity contribution in [2.75, 3.05) is 4.90 Å². The van der Waals surface area contributed by atoms with Crippen LogP contribution >= 0.6 is 22.7 Å². The van der Waals surface area contributed by atoms with Gasteiger partial charge in [-0.15, -0.1) is 22.7 Å². The molecule has 3 heteroatoms. The molecular weight excluding hydrogens is 823 g/mol. The number of fused-ring (bicyclic) bond motifs is 9. The molecule has 0 N–H and O–H groups in total. The summed E-state index contributed by atoms with van der Waals surface area (Å²) in [5.74, 6) is 0. The Labute approximate surface area is 385 Å². The van der Waals surface area contributed by atoms with Crippen LogP contribution in [0, 0.1) is 0 Å². The Kier molecular flexibility index (Phi) is 8.97. The van der Waals surface area contributed by atoms with Crippen LogP contribution in [0.2, 0.25) is 0 Å². The molecule has 0 saturated carbocycles. The van der Waals surface area contributed by atoms with Gasteiger partial charge in [-0.1, -0.05) is 194 Å². The summed E-state index contributed by atoms with van der Waals surface area (Å²) in [7, 11) is 0. The van der Waals surface area contributed by atoms with Gasteiger partial charge in [0.25, 0.3) is 0 Å². The summed E-state index contributed by atoms with van der Waals surface area (Å²) in [5.41, 5.74) is 13.3. The quantitative estimate of drug-likeness (QED) is 0.144. The van der Waals surface area contributed by atoms with Gasteiger partial charge in [0.2, 0.25) is 0 Å². The Hall–Kier alpha value is -7.82. The van der Waals surface area contributed by atoms with Crippen molar-refractivity contribution in [1.29, 1.82) is 0 Å². The average Bonchev–Trinajstić information content (AvgIpc) is 3.97. The highest BCUT2D eigenvalue weighted by Crippen LogP contribution is 2.52. The van der Waals surface area contributed by atoms with Crippen molar-refractivity contribution in [2.45, 2.75) is 0 Å². The SMILES string of the molecule is c1ccc(-c2ccccc2-c2ccc(N(c3ccc4ccc5ccccc5c4c3)c3ccc(-c4ccc(-c5ccccc5)c5sc6ccccc6c45)c4c3sc3ccccc34)cc2)cc1. The van der Waals surface area contributed by atoms with Crippen LogP contribution < -0.4 is 4.90 Å². The van der Waals surface area contributed by atoms with Crippen LogP contribution in [0.5, 0.6) is 0 Å². The van der Waals surface area contributed by atoms with Crippen LogP contribution in [0.4, 0.5) is 17.1 Å². The standard InChI is InChI=1S/C62H39NS2/c1-3-15-40(16-4-1)47-20-9-10-21-48(47)43-29-32-45(33-30-43)63(46-34-31-44-28-27-42-19-7-8-22-49(42)55(44)39-46)56-38-37-52(60-54-24-12-14-26-58(54)65-62(56)60)51-36-35-50(41-17-5-2-6-18-41)61-59(51)53-23-11-13-25-57(53)64-61/h1-39H. The van der Waals surface area contributed by atoms with Crippen molar-refractivity contribution < 1.29 is 0 Å². The van der Waals surface area contributed by atoms with Gasteiger partial charge in [0.05, 0.1) is 10.4 Å². The maximum absolute atomic E-state index is 2.49. The number of hydrogen-bond donors (Lipinski definition) is 0. The van der Waals surface area contributed by atoms with Crippen LogP contribution in [-0.2, 0) is 0 Å². The number of thiophene rings is 2. The van der Waals surface area contributed by atoms with E-state index < -0.39 is 0 Å². The first-order chi connectivity index (χ1) is 32.2. The molecule has 0 amide bonds. The highest BCUT2D eigenvalue weighted by Gasteiger charge is 2.24. The minimum absolute atomic E-state index is 1.11. The fraction of sp³-hybridized carbons (Fsp3) is 0. The molecule has 0 spiro atoms. The van der Waals surface area contributed by atoms with E-state index in [0.717, 1.165) is 17.1 Å². The van der Waals surface area contributed by atoms with Crippen molar-refractivity contribution in [1.82, 2.24) is 0 Å². The topological polar surface area (TPSA) is 3.24 Å². The van der Waals surface area contributed by atoms with E-state index in [1.54, 1.807) is 0 Å². The monoisotopic (exact) mass is 861 g/mol. The molecule has 0 fully saturated rings. The van der Waals surface area contributed by atoms with Gasteiger partial charge in [-0.25, -0.2) is 0 Å². The summed E-state index contributed by atoms with van der Waals surface area (Å²) < 4.78 is 5.17. The van der Waals surface area contributed by atoms with Gasteiger partial charge in [0.15, 0.2) is 0 Å². The summed E-state index contributed by atoms with van der Waals surface area (Å²) in [6, 6.07) is 87.1. The Bertz CT molecular complexity index is 3940. The third-order valence-electron chi connectivity index (χ3n) is 13.1. The lowest BCUT2D eigenvalue weighted by Crippen LogP contribution is -2.10. The van der Waals surface area contributed by atoms with E-state index >= 15 is 0 Å². The Morgan fingerprint density at radius 3 is 1.42 bits per heavy atom. The number of hydrogen-bond acceptors (Lipinski definition) is 3. The number of nitrogens with zero attached hydrogens (tertiary/aromatic N) is 1. The number of benzene rings is 11. The zero-order valence-electron chi connectivity index (χ0n) is 35.3. The fourth-order valence-corrected chi connectivity index (χ4v) is 12.6. The molecule has 2 aromatic heterocycles. The van der Waals surface area contributed by atoms with Crippen LogP contribution in [-0.4, -0.2) is 0 Å². The summed E-state index contributed by atoms with van der Waals surface area (Å²) >= 11 is 3.79. The first-order valence-corrected chi connectivity index (χ1v) is 23.8. The van der Waals surface area contributed by atoms with Gasteiger partial charge in [-0.05, 0) is 109 Å². The van der Waals surface area contributed by atoms with Gasteiger partial charge >= 0.3 is 0 Å². The molecule has 0 radical (unpaired) electrons. The highest BCUT2D eigenvalue weighted by atomic mass is 32.1. The number of rotatable bonds is 7. The Morgan fingerprint density at radius 2 is 0.738 bits per heavy atom. The third kappa shape index (κ3) is 6.27. The molecule has 11 aromatic carbocycles. The second-order valence-corrected chi connectivity index (χ2v) is 18.9. The first-order valence-electron chi connectivity index (χ1n) is 22.2. The smallest absolute Gasteiger partial charge is 0.0640 e. The third-order valence-corrected chi connectivity index (χ3v) is 15.5. The Balaban J connectivity index is 1.06. The van der Waals surface area contributed by atoms with E-state index in [1.165, 1.54) is 106 Å². The molecule has 0 aliphatic carbocycles. The molecule has 65 heavy (non-hydrogen) atoms. The van der Waals surface area contributed by atoms with Crippen LogP contribution in [0.25, 0.3) is 106 Å². The summed E-state index contributed by atoms with van der Waals surface area (Å²) in [6.07, 6.45) is 0. The molecule has 1 nitrogen and oxygen atoms in total. The zero-order valence-corrected chi connectivity index (χ0v) is 36.9. The van der Waals surface area contributed by atoms with Crippen LogP contribution in [0.15, 0.2) is 237 Å². The zero-order chi connectivity index (χ0) is 42.8. The van der Waals surface area contributed by atoms with Gasteiger partial charge in [-0.2, -0.15) is 0 Å². The summed E-state index contributed by atoms with van der Waals surface area (Å²) in [5, 5.41) is 10.2. The molecule has 0 aliphatic rings. The summed E-state index contributed by atoms with van der Waals surface area (Å²) in [4.78, 5) is 2.49. The predicted molar refractivity (Wildman–Crippen MR) is 284 cm³/mol. The first kappa shape index (κ1) is 37.7. The Morgan fingerprint density at radius 1 is 0.277 bits per heavy atom. The predicted octanol–water partition coefficient (Wildman–Crippen LogP) is 18.9. The molecule has 2 heterocycles. The van der Waals surface area contributed by atoms with E-state index in [2.05, 4.69) is 241 Å². The molecule has 0 bridgehead atoms. The summed E-state index contributed by atoms with van der Waals surface area (Å²) in [6.45, 7) is 0. The van der Waals surface area contributed by atoms with E-state index in [-0.39, 0.29) is 0 Å². The van der Waals surface area contributed by atoms with Crippen molar-refractivity contribution in [2.24, 2.45) is 0 Å². The largest absolute Gasteiger partial charge is 0.309 e. The van der Waals surface area contributed by atoms with Gasteiger partial charge in [0.1, 0.15) is 0 Å². The maximum atomic E-state index is 2.49. The van der Waals surface area contributed by atoms with Gasteiger partial charge < -0.3 is 4.90 Å². The molecule has 13 aromatic rings. The normalized spacial score (nSPS) is 11.7. The van der Waals surface area contributed by atoms with Gasteiger partial charge in [0, 0.05) is 47.0 Å². The van der Waals surface area contributed by atoms with E-state index in [0.29, 0.717) is 0 Å². The van der Waals surface area contributed by atoms with Crippen molar-refractivity contribution in [3.63, 3.8) is 0 Å². The molecule has 0 saturated heterocycles. The molecule has 0 atom stereocenters. The van der Waals surface area contributed by atoms with E-state index in [4.69, 9.17) is 0 Å². The van der Waals surface area contributed by atoms with Crippen molar-refractivity contribution >= 4 is 102 Å². The lowest BCUT2D eigenvalue weighted by atomic mass is 9.92. The van der Waals surface area contributed by atoms with Crippen LogP contribution in [0.3, 0.4) is 0 Å². The molecule has 0 aliphatic heterocycles. The molecule has 304 valence electrons. The van der Waals surface area contributed by atoms with Gasteiger partial charge in [-0.3, -0.25) is 0 Å². The average molecular weight is 862 g/mol. The number of anilines is 3. The van der Waals surface area contributed by atoms with Crippen molar-refractivity contribution in [3.8, 4) is 44.5 Å². The molecule has 13 rings (SSSR count). The molecule has 0 unspecified atom stereocenters. The molecular formula is C62H39NS2. The second kappa shape index (κ2) is 15.5. The second-order valence-electron chi connectivity index (χ2n) is 16.7. The minimum atomic E-state index is 1.11. The maximum Gasteiger partial charge on any atom is 0.0640 e. The van der Waals surface area contributed by atoms with E-state index in [9.17, 15) is 0 Å². The lowest BCUT2D eigenvalue weighted by molar-refractivity contribution is 1.31. The lowest BCUT2D eigenvalue weighted by Gasteiger charge is -2.27. The van der Waals surface area contributed by atoms with E-state index in [1.807, 2.05) is 22.7 Å². The van der Waals surface area contributed by atoms with Crippen LogP contribution in [0.1, 0.15) is 0 Å². The van der Waals surface area contributed by atoms with Crippen molar-refractivity contribution in [3.05, 3.63) is 237 Å².